The molecule has 164 valence electrons. The Morgan fingerprint density at radius 1 is 1.13 bits per heavy atom. The Labute approximate surface area is 184 Å². The molecule has 0 radical (unpaired) electrons. The molecule has 0 spiro atoms. The average molecular weight is 423 g/mol. The highest BCUT2D eigenvalue weighted by Crippen LogP contribution is 2.46. The quantitative estimate of drug-likeness (QED) is 0.407. The normalized spacial score (nSPS) is 15.3. The fourth-order valence-electron chi connectivity index (χ4n) is 3.95. The first kappa shape index (κ1) is 24.0. The summed E-state index contributed by atoms with van der Waals surface area (Å²) in [7, 11) is 0. The van der Waals surface area contributed by atoms with Crippen LogP contribution in [0.4, 0.5) is 0 Å². The summed E-state index contributed by atoms with van der Waals surface area (Å²) in [5.74, 6) is 2.15. The highest BCUT2D eigenvalue weighted by molar-refractivity contribution is 5.92. The van der Waals surface area contributed by atoms with Crippen molar-refractivity contribution in [1.82, 2.24) is 0 Å². The largest absolute Gasteiger partial charge is 0.486 e. The van der Waals surface area contributed by atoms with Gasteiger partial charge >= 0.3 is 11.9 Å². The fourth-order valence-corrected chi connectivity index (χ4v) is 3.95. The van der Waals surface area contributed by atoms with E-state index in [0.29, 0.717) is 28.2 Å². The third-order valence-corrected chi connectivity index (χ3v) is 4.94. The minimum Gasteiger partial charge on any atom is -0.486 e. The van der Waals surface area contributed by atoms with Gasteiger partial charge in [-0.2, -0.15) is 0 Å². The van der Waals surface area contributed by atoms with Crippen molar-refractivity contribution in [3.8, 4) is 23.8 Å². The lowest BCUT2D eigenvalue weighted by molar-refractivity contribution is -0.136. The van der Waals surface area contributed by atoms with Crippen molar-refractivity contribution in [2.24, 2.45) is 0 Å². The van der Waals surface area contributed by atoms with Gasteiger partial charge in [-0.3, -0.25) is 4.79 Å². The van der Waals surface area contributed by atoms with Gasteiger partial charge in [-0.1, -0.05) is 45.7 Å². The van der Waals surface area contributed by atoms with E-state index in [0.717, 1.165) is 12.0 Å². The molecule has 0 bridgehead atoms. The molecule has 0 fully saturated rings. The van der Waals surface area contributed by atoms with E-state index in [2.05, 4.69) is 19.8 Å². The Hall–Kier alpha value is -3.26. The molecule has 1 aliphatic rings. The van der Waals surface area contributed by atoms with Gasteiger partial charge in [0.2, 0.25) is 0 Å². The van der Waals surface area contributed by atoms with E-state index in [9.17, 15) is 9.59 Å². The maximum absolute atomic E-state index is 12.7. The molecule has 0 aliphatic carbocycles. The Balaban J connectivity index is 0.00000166. The molecule has 0 saturated carbocycles. The summed E-state index contributed by atoms with van der Waals surface area (Å²) in [5.41, 5.74) is 1.80. The number of terminal acetylenes is 1. The van der Waals surface area contributed by atoms with Gasteiger partial charge in [0, 0.05) is 5.56 Å². The Kier molecular flexibility index (Phi) is 7.17. The number of esters is 1. The molecule has 0 atom stereocenters. The minimum absolute atomic E-state index is 0.0873. The number of carboxylic acids is 1. The maximum Gasteiger partial charge on any atom is 0.343 e. The number of carbonyl (C=O) groups excluding carboxylic acids is 1. The number of fused-ring (bicyclic) bond motifs is 1. The second-order valence-corrected chi connectivity index (χ2v) is 8.57. The van der Waals surface area contributed by atoms with Crippen LogP contribution >= 0.6 is 0 Å². The van der Waals surface area contributed by atoms with Crippen LogP contribution < -0.4 is 9.47 Å². The summed E-state index contributed by atoms with van der Waals surface area (Å²) in [6.45, 7) is 12.3. The summed E-state index contributed by atoms with van der Waals surface area (Å²) in [6.07, 6.45) is 6.39. The van der Waals surface area contributed by atoms with Crippen LogP contribution in [0.3, 0.4) is 0 Å². The summed E-state index contributed by atoms with van der Waals surface area (Å²) in [6, 6.07) is 9.79. The Morgan fingerprint density at radius 2 is 1.74 bits per heavy atom. The summed E-state index contributed by atoms with van der Waals surface area (Å²) in [4.78, 5) is 23.5. The summed E-state index contributed by atoms with van der Waals surface area (Å²) in [5, 5.41) is 8.84. The van der Waals surface area contributed by atoms with Gasteiger partial charge in [0.1, 0.15) is 17.1 Å². The van der Waals surface area contributed by atoms with E-state index in [1.54, 1.807) is 36.4 Å². The van der Waals surface area contributed by atoms with Crippen LogP contribution in [0.1, 0.15) is 75.0 Å². The van der Waals surface area contributed by atoms with E-state index in [4.69, 9.17) is 21.0 Å². The zero-order valence-corrected chi connectivity index (χ0v) is 19.0. The molecule has 0 amide bonds. The number of benzene rings is 2. The number of hydrogen-bond acceptors (Lipinski definition) is 4. The van der Waals surface area contributed by atoms with E-state index < -0.39 is 11.9 Å². The van der Waals surface area contributed by atoms with Gasteiger partial charge in [0.15, 0.2) is 0 Å². The highest BCUT2D eigenvalue weighted by atomic mass is 16.5. The van der Waals surface area contributed by atoms with Crippen LogP contribution in [0.2, 0.25) is 0 Å². The van der Waals surface area contributed by atoms with E-state index in [1.807, 2.05) is 27.7 Å². The fraction of sp³-hybridized carbons (Fsp3) is 0.385. The molecule has 1 heterocycles. The maximum atomic E-state index is 12.7. The molecular weight excluding hydrogens is 392 g/mol. The highest BCUT2D eigenvalue weighted by Gasteiger charge is 2.40. The number of ether oxygens (including phenoxy) is 2. The van der Waals surface area contributed by atoms with Crippen LogP contribution in [-0.4, -0.2) is 22.6 Å². The monoisotopic (exact) mass is 422 g/mol. The van der Waals surface area contributed by atoms with Crippen molar-refractivity contribution < 1.29 is 24.2 Å². The van der Waals surface area contributed by atoms with Crippen LogP contribution in [0.25, 0.3) is 0 Å². The lowest BCUT2D eigenvalue weighted by atomic mass is 9.72. The summed E-state index contributed by atoms with van der Waals surface area (Å²) < 4.78 is 11.6. The number of hydrogen-bond donors (Lipinski definition) is 1. The molecule has 0 aromatic heterocycles. The number of carbonyl (C=O) groups is 2. The van der Waals surface area contributed by atoms with Crippen molar-refractivity contribution in [3.05, 3.63) is 58.7 Å². The van der Waals surface area contributed by atoms with Crippen molar-refractivity contribution in [1.29, 1.82) is 0 Å². The second-order valence-electron chi connectivity index (χ2n) is 8.57. The van der Waals surface area contributed by atoms with Gasteiger partial charge in [0.05, 0.1) is 17.5 Å². The van der Waals surface area contributed by atoms with Gasteiger partial charge in [-0.05, 0) is 55.5 Å². The van der Waals surface area contributed by atoms with Crippen LogP contribution in [0, 0.1) is 12.3 Å². The SMILES string of the molecule is C#Cc1cc(C(=O)Oc2ccc(CC(=O)O)cc2)cc2c1OC(C)(C)CC2(C)C.CC. The number of rotatable bonds is 4. The topological polar surface area (TPSA) is 72.8 Å². The van der Waals surface area contributed by atoms with Crippen LogP contribution in [0.5, 0.6) is 11.5 Å². The molecule has 5 heteroatoms. The number of aliphatic carboxylic acids is 1. The Bertz CT molecular complexity index is 1010. The Morgan fingerprint density at radius 3 is 2.29 bits per heavy atom. The lowest BCUT2D eigenvalue weighted by Crippen LogP contribution is -2.41. The smallest absolute Gasteiger partial charge is 0.343 e. The second kappa shape index (κ2) is 9.26. The average Bonchev–Trinajstić information content (AvgIpc) is 2.68. The zero-order chi connectivity index (χ0) is 23.4. The molecule has 2 aromatic rings. The molecule has 31 heavy (non-hydrogen) atoms. The van der Waals surface area contributed by atoms with E-state index >= 15 is 0 Å². The predicted octanol–water partition coefficient (Wildman–Crippen LogP) is 5.38. The van der Waals surface area contributed by atoms with Gasteiger partial charge in [-0.25, -0.2) is 4.79 Å². The molecular formula is C26H30O5. The predicted molar refractivity (Wildman–Crippen MR) is 121 cm³/mol. The van der Waals surface area contributed by atoms with Crippen molar-refractivity contribution in [2.75, 3.05) is 0 Å². The van der Waals surface area contributed by atoms with Gasteiger partial charge in [-0.15, -0.1) is 6.42 Å². The first-order valence-electron chi connectivity index (χ1n) is 10.4. The molecule has 0 saturated heterocycles. The first-order chi connectivity index (χ1) is 14.5. The summed E-state index contributed by atoms with van der Waals surface area (Å²) >= 11 is 0. The third-order valence-electron chi connectivity index (χ3n) is 4.94. The van der Waals surface area contributed by atoms with Gasteiger partial charge < -0.3 is 14.6 Å². The number of carboxylic acid groups (broad SMARTS) is 1. The molecule has 5 nitrogen and oxygen atoms in total. The van der Waals surface area contributed by atoms with Gasteiger partial charge in [0.25, 0.3) is 0 Å². The third kappa shape index (κ3) is 5.67. The standard InChI is InChI=1S/C24H24O5.C2H6/c1-6-16-12-17(13-19-21(16)29-24(4,5)14-23(19,2)3)22(27)28-18-9-7-15(8-10-18)11-20(25)26;1-2/h1,7-10,12-13H,11,14H2,2-5H3,(H,25,26);1-2H3. The minimum atomic E-state index is -0.918. The van der Waals surface area contributed by atoms with Crippen molar-refractivity contribution in [2.45, 2.75) is 65.4 Å². The van der Waals surface area contributed by atoms with E-state index in [-0.39, 0.29) is 17.4 Å². The molecule has 3 rings (SSSR count). The van der Waals surface area contributed by atoms with E-state index in [1.165, 1.54) is 0 Å². The molecule has 1 aliphatic heterocycles. The molecule has 2 aromatic carbocycles. The zero-order valence-electron chi connectivity index (χ0n) is 19.0. The van der Waals surface area contributed by atoms with Crippen LogP contribution in [-0.2, 0) is 16.6 Å². The first-order valence-corrected chi connectivity index (χ1v) is 10.4. The van der Waals surface area contributed by atoms with Crippen LogP contribution in [0.15, 0.2) is 36.4 Å². The van der Waals surface area contributed by atoms with Crippen molar-refractivity contribution in [3.63, 3.8) is 0 Å². The lowest BCUT2D eigenvalue weighted by Gasteiger charge is -2.43. The molecule has 1 N–H and O–H groups in total. The molecule has 0 unspecified atom stereocenters. The van der Waals surface area contributed by atoms with Crippen molar-refractivity contribution >= 4 is 11.9 Å².